The van der Waals surface area contributed by atoms with Gasteiger partial charge in [0, 0.05) is 0 Å². The third-order valence-corrected chi connectivity index (χ3v) is 0. The summed E-state index contributed by atoms with van der Waals surface area (Å²) in [6.45, 7) is 0. The van der Waals surface area contributed by atoms with Crippen molar-refractivity contribution in [2.75, 3.05) is 0 Å². The molecule has 1 nitrogen and oxygen atoms in total. The van der Waals surface area contributed by atoms with E-state index in [2.05, 4.69) is 0 Å². The summed E-state index contributed by atoms with van der Waals surface area (Å²) in [6.07, 6.45) is 0. The molecule has 0 aliphatic carbocycles. The van der Waals surface area contributed by atoms with Gasteiger partial charge in [0.2, 0.25) is 0 Å². The van der Waals surface area contributed by atoms with Crippen molar-refractivity contribution in [3.63, 3.8) is 0 Å². The first-order valence-corrected chi connectivity index (χ1v) is 1.24. The van der Waals surface area contributed by atoms with Gasteiger partial charge in [-0.3, -0.25) is 4.79 Å². The maximum atomic E-state index is 8.77. The average molecular weight is 174 g/mol. The molecule has 74 valence electrons. The second kappa shape index (κ2) is 493. The summed E-state index contributed by atoms with van der Waals surface area (Å²) < 4.78 is 0. The van der Waals surface area contributed by atoms with Crippen LogP contribution in [-0.4, -0.2) is 6.03 Å². The van der Waals surface area contributed by atoms with Gasteiger partial charge in [0.15, 0.2) is 0 Å². The normalized spacial score (nSPS) is 1.30. The molecule has 2 heteroatoms. The third-order valence-electron chi connectivity index (χ3n) is 0. The summed E-state index contributed by atoms with van der Waals surface area (Å²) in [4.78, 5) is 8.77. The molecule has 0 rings (SSSR count). The van der Waals surface area contributed by atoms with E-state index in [1.807, 2.05) is 9.24 Å². The molecule has 1 unspecified atom stereocenters. The van der Waals surface area contributed by atoms with Crippen molar-refractivity contribution in [1.82, 2.24) is 0 Å². The summed E-state index contributed by atoms with van der Waals surface area (Å²) >= 11 is 0. The Balaban J connectivity index is -0.000000000952. The van der Waals surface area contributed by atoms with Crippen molar-refractivity contribution in [3.05, 3.63) is 0 Å². The molecule has 0 fully saturated rings. The summed E-state index contributed by atoms with van der Waals surface area (Å²) in [7, 11) is 1.90. The highest BCUT2D eigenvalue weighted by molar-refractivity contribution is 7.36. The van der Waals surface area contributed by atoms with Crippen molar-refractivity contribution in [1.29, 1.82) is 0 Å². The van der Waals surface area contributed by atoms with E-state index in [0.717, 1.165) is 0 Å². The first-order chi connectivity index (χ1) is 1.41. The molecular formula is C8H31OP. The zero-order valence-electron chi connectivity index (χ0n) is 1.56. The quantitative estimate of drug-likeness (QED) is 0.390. The lowest BCUT2D eigenvalue weighted by Crippen LogP contribution is -1.22. The highest BCUT2D eigenvalue weighted by Crippen LogP contribution is 1.53. The Kier molecular flexibility index (Phi) is 9360. The predicted octanol–water partition coefficient (Wildman–Crippen LogP) is 4.50. The molecular weight excluding hydrogens is 143 g/mol. The topological polar surface area (TPSA) is 17.1 Å². The lowest BCUT2D eigenvalue weighted by atomic mass is 11.8. The van der Waals surface area contributed by atoms with Gasteiger partial charge in [-0.15, -0.1) is 0 Å². The van der Waals surface area contributed by atoms with Crippen molar-refractivity contribution in [3.8, 4) is 0 Å². The number of carbonyl (C=O) groups excluding carboxylic acids is 1. The third kappa shape index (κ3) is 40800. The minimum Gasteiger partial charge on any atom is -0.299 e. The molecule has 0 radical (unpaired) electrons. The van der Waals surface area contributed by atoms with Crippen molar-refractivity contribution < 1.29 is 4.79 Å². The van der Waals surface area contributed by atoms with Gasteiger partial charge in [0.25, 0.3) is 0 Å². The van der Waals surface area contributed by atoms with Gasteiger partial charge in [0.05, 0.1) is 0 Å². The molecule has 0 aliphatic heterocycles. The molecule has 0 aromatic heterocycles. The highest BCUT2D eigenvalue weighted by atomic mass is 31.0. The lowest BCUT2D eigenvalue weighted by Gasteiger charge is -1.24. The van der Waals surface area contributed by atoms with Crippen LogP contribution in [0.5, 0.6) is 0 Å². The van der Waals surface area contributed by atoms with E-state index in [9.17, 15) is 0 Å². The molecule has 10 heavy (non-hydrogen) atoms. The SMILES string of the molecule is C.C.C.C.C.C.C.O=CP. The van der Waals surface area contributed by atoms with E-state index in [1.165, 1.54) is 0 Å². The molecule has 0 aromatic rings. The Hall–Kier alpha value is 0.100. The molecule has 0 spiro atoms. The van der Waals surface area contributed by atoms with Crippen LogP contribution in [0.25, 0.3) is 0 Å². The maximum absolute atomic E-state index is 8.77. The van der Waals surface area contributed by atoms with Crippen LogP contribution in [0.3, 0.4) is 0 Å². The van der Waals surface area contributed by atoms with E-state index in [4.69, 9.17) is 4.79 Å². The zero-order valence-corrected chi connectivity index (χ0v) is 2.72. The number of rotatable bonds is 0. The molecule has 1 atom stereocenters. The minimum atomic E-state index is 0. The van der Waals surface area contributed by atoms with Gasteiger partial charge in [-0.25, -0.2) is 0 Å². The van der Waals surface area contributed by atoms with Crippen LogP contribution >= 0.6 is 9.24 Å². The van der Waals surface area contributed by atoms with E-state index in [1.54, 1.807) is 0 Å². The van der Waals surface area contributed by atoms with Gasteiger partial charge >= 0.3 is 0 Å². The van der Waals surface area contributed by atoms with Gasteiger partial charge in [-0.05, 0) is 0 Å². The second-order valence-electron chi connectivity index (χ2n) is 0.136. The van der Waals surface area contributed by atoms with Gasteiger partial charge in [0.1, 0.15) is 6.03 Å². The lowest BCUT2D eigenvalue weighted by molar-refractivity contribution is 0.570. The van der Waals surface area contributed by atoms with Crippen LogP contribution in [0.1, 0.15) is 52.0 Å². The summed E-state index contributed by atoms with van der Waals surface area (Å²) in [6, 6.07) is 0.667. The molecule has 0 heterocycles. The first kappa shape index (κ1) is 190. The Morgan fingerprint density at radius 2 is 0.700 bits per heavy atom. The van der Waals surface area contributed by atoms with Crippen LogP contribution in [0.2, 0.25) is 0 Å². The van der Waals surface area contributed by atoms with Gasteiger partial charge in [-0.2, -0.15) is 0 Å². The maximum Gasteiger partial charge on any atom is 0.135 e. The predicted molar refractivity (Wildman–Crippen MR) is 63.6 cm³/mol. The average Bonchev–Trinajstić information content (AvgIpc) is 0.918. The summed E-state index contributed by atoms with van der Waals surface area (Å²) in [5.74, 6) is 0. The van der Waals surface area contributed by atoms with Crippen molar-refractivity contribution in [2.24, 2.45) is 0 Å². The monoisotopic (exact) mass is 174 g/mol. The Morgan fingerprint density at radius 1 is 0.700 bits per heavy atom. The molecule has 0 N–H and O–H groups in total. The fraction of sp³-hybridized carbons (Fsp3) is 0.875. The second-order valence-corrected chi connectivity index (χ2v) is 0.408. The summed E-state index contributed by atoms with van der Waals surface area (Å²) in [5.41, 5.74) is 0. The zero-order chi connectivity index (χ0) is 2.71. The minimum absolute atomic E-state index is 0. The van der Waals surface area contributed by atoms with E-state index < -0.39 is 0 Å². The largest absolute Gasteiger partial charge is 0.299 e. The molecule has 0 aromatic carbocycles. The van der Waals surface area contributed by atoms with Crippen LogP contribution in [0.4, 0.5) is 0 Å². The summed E-state index contributed by atoms with van der Waals surface area (Å²) in [5, 5.41) is 0. The molecule has 0 aliphatic rings. The van der Waals surface area contributed by atoms with Crippen LogP contribution < -0.4 is 0 Å². The van der Waals surface area contributed by atoms with E-state index >= 15 is 0 Å². The van der Waals surface area contributed by atoms with Crippen LogP contribution in [0.15, 0.2) is 0 Å². The molecule has 0 bridgehead atoms. The van der Waals surface area contributed by atoms with Gasteiger partial charge < -0.3 is 0 Å². The van der Waals surface area contributed by atoms with Gasteiger partial charge in [-0.1, -0.05) is 61.2 Å². The number of hydrogen-bond donors (Lipinski definition) is 0. The molecule has 0 amide bonds. The molecule has 0 saturated heterocycles. The van der Waals surface area contributed by atoms with Crippen LogP contribution in [-0.2, 0) is 4.79 Å². The number of carbonyl (C=O) groups is 1. The molecule has 0 saturated carbocycles. The van der Waals surface area contributed by atoms with Crippen molar-refractivity contribution >= 4 is 15.3 Å². The first-order valence-electron chi connectivity index (χ1n) is 0.569. The fourth-order valence-corrected chi connectivity index (χ4v) is 0. The Bertz CT molecular complexity index is 16.7. The van der Waals surface area contributed by atoms with E-state index in [-0.39, 0.29) is 52.0 Å². The Morgan fingerprint density at radius 3 is 0.700 bits per heavy atom. The van der Waals surface area contributed by atoms with Crippen molar-refractivity contribution in [2.45, 2.75) is 52.0 Å². The highest BCUT2D eigenvalue weighted by Gasteiger charge is 1.23. The Labute approximate surface area is 72.8 Å². The van der Waals surface area contributed by atoms with Crippen LogP contribution in [0, 0.1) is 0 Å². The standard InChI is InChI=1S/CH3OP.7CH4/c2-1-3;;;;;;;/h1H,3H2;7*1H4. The number of hydrogen-bond acceptors (Lipinski definition) is 1. The van der Waals surface area contributed by atoms with E-state index in [0.29, 0.717) is 6.03 Å². The smallest absolute Gasteiger partial charge is 0.135 e. The fourth-order valence-electron chi connectivity index (χ4n) is 0.